The second kappa shape index (κ2) is 6.54. The smallest absolute Gasteiger partial charge is 0.223 e. The summed E-state index contributed by atoms with van der Waals surface area (Å²) in [7, 11) is 0. The Kier molecular flexibility index (Phi) is 4.07. The molecule has 0 aliphatic heterocycles. The van der Waals surface area contributed by atoms with Crippen molar-refractivity contribution in [3.8, 4) is 0 Å². The zero-order valence-electron chi connectivity index (χ0n) is 14.1. The van der Waals surface area contributed by atoms with Gasteiger partial charge in [-0.25, -0.2) is 14.4 Å². The molecule has 10 heteroatoms. The second-order valence-electron chi connectivity index (χ2n) is 6.23. The van der Waals surface area contributed by atoms with Crippen LogP contribution in [0, 0.1) is 5.82 Å². The monoisotopic (exact) mass is 355 g/mol. The number of nitrogens with one attached hydrogen (secondary N) is 3. The molecule has 9 nitrogen and oxygen atoms in total. The van der Waals surface area contributed by atoms with E-state index in [2.05, 4.69) is 40.8 Å². The minimum absolute atomic E-state index is 0.114. The third kappa shape index (κ3) is 3.68. The first kappa shape index (κ1) is 16.2. The molecule has 1 fully saturated rings. The molecule has 0 radical (unpaired) electrons. The van der Waals surface area contributed by atoms with E-state index >= 15 is 0 Å². The predicted molar refractivity (Wildman–Crippen MR) is 94.3 cm³/mol. The Labute approximate surface area is 148 Å². The Balaban J connectivity index is 1.48. The maximum Gasteiger partial charge on any atom is 0.223 e. The van der Waals surface area contributed by atoms with Crippen molar-refractivity contribution in [2.24, 2.45) is 0 Å². The number of anilines is 4. The van der Waals surface area contributed by atoms with Crippen molar-refractivity contribution in [1.29, 1.82) is 0 Å². The molecule has 3 aromatic heterocycles. The number of nitrogen functional groups attached to an aromatic ring is 1. The number of hydrogen-bond donors (Lipinski definition) is 4. The summed E-state index contributed by atoms with van der Waals surface area (Å²) in [5.41, 5.74) is 6.92. The second-order valence-corrected chi connectivity index (χ2v) is 6.23. The lowest BCUT2D eigenvalue weighted by molar-refractivity contribution is 0.604. The van der Waals surface area contributed by atoms with Crippen LogP contribution in [-0.4, -0.2) is 30.1 Å². The molecule has 1 aliphatic carbocycles. The number of H-pyrrole nitrogens is 1. The molecule has 0 saturated heterocycles. The van der Waals surface area contributed by atoms with Gasteiger partial charge in [0.15, 0.2) is 11.6 Å². The van der Waals surface area contributed by atoms with Gasteiger partial charge >= 0.3 is 0 Å². The molecule has 0 amide bonds. The minimum atomic E-state index is -0.483. The zero-order valence-corrected chi connectivity index (χ0v) is 14.1. The highest BCUT2D eigenvalue weighted by Gasteiger charge is 2.25. The highest BCUT2D eigenvalue weighted by atomic mass is 19.1. The third-order valence-electron chi connectivity index (χ3n) is 4.01. The number of aromatic nitrogens is 6. The van der Waals surface area contributed by atoms with Gasteiger partial charge in [0.2, 0.25) is 5.95 Å². The molecule has 26 heavy (non-hydrogen) atoms. The number of halogens is 1. The number of hydrogen-bond acceptors (Lipinski definition) is 8. The van der Waals surface area contributed by atoms with E-state index in [-0.39, 0.29) is 12.0 Å². The van der Waals surface area contributed by atoms with Crippen molar-refractivity contribution >= 4 is 23.4 Å². The number of nitrogens with two attached hydrogens (primary N) is 1. The number of rotatable bonds is 6. The number of nitrogens with zero attached hydrogens (tertiary/aromatic N) is 5. The van der Waals surface area contributed by atoms with E-state index < -0.39 is 5.82 Å². The molecule has 1 atom stereocenters. The van der Waals surface area contributed by atoms with E-state index in [1.807, 2.05) is 13.0 Å². The van der Waals surface area contributed by atoms with Gasteiger partial charge in [-0.05, 0) is 19.8 Å². The summed E-state index contributed by atoms with van der Waals surface area (Å²) in [4.78, 5) is 16.2. The van der Waals surface area contributed by atoms with Gasteiger partial charge in [0.25, 0.3) is 0 Å². The van der Waals surface area contributed by atoms with Gasteiger partial charge < -0.3 is 16.4 Å². The molecule has 3 aromatic rings. The van der Waals surface area contributed by atoms with Gasteiger partial charge in [-0.2, -0.15) is 15.1 Å². The van der Waals surface area contributed by atoms with Crippen LogP contribution in [0.15, 0.2) is 24.5 Å². The van der Waals surface area contributed by atoms with E-state index in [9.17, 15) is 4.39 Å². The van der Waals surface area contributed by atoms with Crippen LogP contribution in [0.1, 0.15) is 43.2 Å². The lowest BCUT2D eigenvalue weighted by Gasteiger charge is -2.14. The van der Waals surface area contributed by atoms with Crippen LogP contribution < -0.4 is 16.4 Å². The summed E-state index contributed by atoms with van der Waals surface area (Å²) in [6.45, 7) is 1.84. The molecular formula is C16H18FN9. The zero-order chi connectivity index (χ0) is 18.1. The average Bonchev–Trinajstić information content (AvgIpc) is 3.35. The molecule has 0 spiro atoms. The Morgan fingerprint density at radius 3 is 2.62 bits per heavy atom. The Morgan fingerprint density at radius 1 is 1.15 bits per heavy atom. The fourth-order valence-electron chi connectivity index (χ4n) is 2.57. The van der Waals surface area contributed by atoms with Crippen molar-refractivity contribution in [2.75, 3.05) is 16.4 Å². The highest BCUT2D eigenvalue weighted by Crippen LogP contribution is 2.39. The lowest BCUT2D eigenvalue weighted by atomic mass is 10.3. The molecule has 5 N–H and O–H groups in total. The van der Waals surface area contributed by atoms with Crippen LogP contribution in [0.4, 0.5) is 27.8 Å². The van der Waals surface area contributed by atoms with Crippen molar-refractivity contribution in [2.45, 2.75) is 31.7 Å². The maximum absolute atomic E-state index is 12.9. The number of aromatic amines is 1. The van der Waals surface area contributed by atoms with Gasteiger partial charge in [-0.15, -0.1) is 0 Å². The predicted octanol–water partition coefficient (Wildman–Crippen LogP) is 2.51. The minimum Gasteiger partial charge on any atom is -0.368 e. The van der Waals surface area contributed by atoms with Crippen LogP contribution >= 0.6 is 0 Å². The van der Waals surface area contributed by atoms with Crippen molar-refractivity contribution in [3.05, 3.63) is 41.9 Å². The molecular weight excluding hydrogens is 337 g/mol. The van der Waals surface area contributed by atoms with Crippen LogP contribution in [0.3, 0.4) is 0 Å². The quantitative estimate of drug-likeness (QED) is 0.530. The first-order valence-electron chi connectivity index (χ1n) is 8.27. The third-order valence-corrected chi connectivity index (χ3v) is 4.01. The van der Waals surface area contributed by atoms with Gasteiger partial charge in [-0.1, -0.05) is 0 Å². The fourth-order valence-corrected chi connectivity index (χ4v) is 2.57. The standard InChI is InChI=1S/C16H18FN9/c1-8(15-19-6-10(17)7-20-15)21-12-5-13(24-16(18)23-12)22-14-4-11(25-26-14)9-2-3-9/h4-9H,2-3H2,1H3,(H5,18,21,22,23,24,25,26). The molecule has 1 saturated carbocycles. The van der Waals surface area contributed by atoms with Gasteiger partial charge in [-0.3, -0.25) is 5.10 Å². The Bertz CT molecular complexity index is 904. The molecule has 134 valence electrons. The SMILES string of the molecule is CC(Nc1cc(Nc2cc(C3CC3)[nH]n2)nc(N)n1)c1ncc(F)cn1. The first-order chi connectivity index (χ1) is 12.6. The summed E-state index contributed by atoms with van der Waals surface area (Å²) in [5, 5.41) is 13.5. The van der Waals surface area contributed by atoms with Crippen LogP contribution in [-0.2, 0) is 0 Å². The largest absolute Gasteiger partial charge is 0.368 e. The van der Waals surface area contributed by atoms with E-state index in [1.165, 1.54) is 12.8 Å². The molecule has 3 heterocycles. The highest BCUT2D eigenvalue weighted by molar-refractivity contribution is 5.58. The van der Waals surface area contributed by atoms with Gasteiger partial charge in [0.05, 0.1) is 18.4 Å². The van der Waals surface area contributed by atoms with E-state index in [0.29, 0.717) is 29.2 Å². The Morgan fingerprint density at radius 2 is 1.88 bits per heavy atom. The van der Waals surface area contributed by atoms with E-state index in [0.717, 1.165) is 18.1 Å². The van der Waals surface area contributed by atoms with Crippen molar-refractivity contribution in [3.63, 3.8) is 0 Å². The summed E-state index contributed by atoms with van der Waals surface area (Å²) in [6.07, 6.45) is 4.63. The van der Waals surface area contributed by atoms with Crippen molar-refractivity contribution in [1.82, 2.24) is 30.1 Å². The topological polar surface area (TPSA) is 130 Å². The molecule has 0 bridgehead atoms. The lowest BCUT2D eigenvalue weighted by Crippen LogP contribution is -2.13. The van der Waals surface area contributed by atoms with E-state index in [1.54, 1.807) is 6.07 Å². The summed E-state index contributed by atoms with van der Waals surface area (Å²) >= 11 is 0. The summed E-state index contributed by atoms with van der Waals surface area (Å²) in [5.74, 6) is 2.35. The van der Waals surface area contributed by atoms with E-state index in [4.69, 9.17) is 5.73 Å². The fraction of sp³-hybridized carbons (Fsp3) is 0.312. The molecule has 0 aromatic carbocycles. The summed E-state index contributed by atoms with van der Waals surface area (Å²) in [6, 6.07) is 3.39. The molecule has 4 rings (SSSR count). The molecule has 1 unspecified atom stereocenters. The summed E-state index contributed by atoms with van der Waals surface area (Å²) < 4.78 is 12.9. The Hall–Kier alpha value is -3.30. The average molecular weight is 355 g/mol. The van der Waals surface area contributed by atoms with Crippen LogP contribution in [0.25, 0.3) is 0 Å². The first-order valence-corrected chi connectivity index (χ1v) is 8.27. The van der Waals surface area contributed by atoms with Gasteiger partial charge in [0.1, 0.15) is 17.5 Å². The molecule has 1 aliphatic rings. The normalized spacial score (nSPS) is 14.8. The van der Waals surface area contributed by atoms with Crippen molar-refractivity contribution < 1.29 is 4.39 Å². The van der Waals surface area contributed by atoms with Crippen LogP contribution in [0.2, 0.25) is 0 Å². The van der Waals surface area contributed by atoms with Crippen LogP contribution in [0.5, 0.6) is 0 Å². The van der Waals surface area contributed by atoms with Gasteiger partial charge in [0, 0.05) is 23.7 Å². The maximum atomic E-state index is 12.9.